The summed E-state index contributed by atoms with van der Waals surface area (Å²) in [7, 11) is -3.67. The molecule has 0 bridgehead atoms. The zero-order valence-electron chi connectivity index (χ0n) is 13.9. The van der Waals surface area contributed by atoms with Crippen molar-refractivity contribution < 1.29 is 8.42 Å². The lowest BCUT2D eigenvalue weighted by molar-refractivity contribution is 0.600. The van der Waals surface area contributed by atoms with Gasteiger partial charge in [0.2, 0.25) is 0 Å². The van der Waals surface area contributed by atoms with Crippen LogP contribution >= 0.6 is 11.6 Å². The van der Waals surface area contributed by atoms with Gasteiger partial charge in [0.1, 0.15) is 0 Å². The summed E-state index contributed by atoms with van der Waals surface area (Å²) < 4.78 is 29.3. The summed E-state index contributed by atoms with van der Waals surface area (Å²) in [5.41, 5.74) is 2.74. The molecule has 0 spiro atoms. The van der Waals surface area contributed by atoms with E-state index in [2.05, 4.69) is 9.82 Å². The second-order valence-corrected chi connectivity index (χ2v) is 7.99. The first-order chi connectivity index (χ1) is 11.8. The van der Waals surface area contributed by atoms with Crippen molar-refractivity contribution in [3.8, 4) is 0 Å². The van der Waals surface area contributed by atoms with Gasteiger partial charge in [-0.1, -0.05) is 41.4 Å². The zero-order chi connectivity index (χ0) is 18.0. The Labute approximate surface area is 152 Å². The van der Waals surface area contributed by atoms with Crippen LogP contribution in [0.15, 0.2) is 59.6 Å². The average molecular weight is 376 g/mol. The number of nitrogens with one attached hydrogen (secondary N) is 1. The van der Waals surface area contributed by atoms with Crippen molar-refractivity contribution in [3.63, 3.8) is 0 Å². The van der Waals surface area contributed by atoms with Gasteiger partial charge in [0.15, 0.2) is 5.82 Å². The Kier molecular flexibility index (Phi) is 4.83. The molecule has 0 amide bonds. The van der Waals surface area contributed by atoms with Gasteiger partial charge in [-0.25, -0.2) is 8.42 Å². The van der Waals surface area contributed by atoms with Gasteiger partial charge in [-0.3, -0.25) is 9.40 Å². The largest absolute Gasteiger partial charge is 0.266 e. The van der Waals surface area contributed by atoms with Crippen LogP contribution in [0.5, 0.6) is 0 Å². The smallest absolute Gasteiger partial charge is 0.263 e. The lowest BCUT2D eigenvalue weighted by atomic mass is 10.2. The van der Waals surface area contributed by atoms with E-state index in [1.54, 1.807) is 36.0 Å². The number of rotatable bonds is 5. The number of hydrogen-bond acceptors (Lipinski definition) is 3. The van der Waals surface area contributed by atoms with Gasteiger partial charge in [0, 0.05) is 17.3 Å². The van der Waals surface area contributed by atoms with Crippen LogP contribution in [0.1, 0.15) is 16.7 Å². The summed E-state index contributed by atoms with van der Waals surface area (Å²) in [5.74, 6) is 0.286. The Balaban J connectivity index is 1.77. The Hall–Kier alpha value is -2.31. The summed E-state index contributed by atoms with van der Waals surface area (Å²) in [6, 6.07) is 14.3. The fourth-order valence-electron chi connectivity index (χ4n) is 2.57. The van der Waals surface area contributed by atoms with E-state index in [0.29, 0.717) is 17.1 Å². The molecule has 25 heavy (non-hydrogen) atoms. The molecule has 1 N–H and O–H groups in total. The number of aryl methyl sites for hydroxylation is 2. The molecule has 0 saturated heterocycles. The van der Waals surface area contributed by atoms with Crippen LogP contribution in [-0.2, 0) is 16.6 Å². The van der Waals surface area contributed by atoms with Crippen LogP contribution in [0.4, 0.5) is 5.82 Å². The molecule has 3 rings (SSSR count). The lowest BCUT2D eigenvalue weighted by Crippen LogP contribution is -2.15. The highest BCUT2D eigenvalue weighted by Crippen LogP contribution is 2.19. The van der Waals surface area contributed by atoms with Gasteiger partial charge >= 0.3 is 0 Å². The maximum Gasteiger partial charge on any atom is 0.263 e. The van der Waals surface area contributed by atoms with Crippen LogP contribution in [0.2, 0.25) is 5.02 Å². The number of nitrogens with zero attached hydrogens (tertiary/aromatic N) is 2. The number of sulfonamides is 1. The van der Waals surface area contributed by atoms with Gasteiger partial charge in [-0.05, 0) is 43.2 Å². The first kappa shape index (κ1) is 17.5. The van der Waals surface area contributed by atoms with E-state index in [1.807, 2.05) is 37.3 Å². The van der Waals surface area contributed by atoms with Crippen LogP contribution in [0.25, 0.3) is 0 Å². The van der Waals surface area contributed by atoms with E-state index in [1.165, 1.54) is 0 Å². The number of benzene rings is 2. The molecule has 5 nitrogen and oxygen atoms in total. The molecule has 0 unspecified atom stereocenters. The Morgan fingerprint density at radius 1 is 1.08 bits per heavy atom. The number of anilines is 1. The predicted molar refractivity (Wildman–Crippen MR) is 99.5 cm³/mol. The minimum atomic E-state index is -3.67. The van der Waals surface area contributed by atoms with Crippen molar-refractivity contribution in [1.29, 1.82) is 0 Å². The van der Waals surface area contributed by atoms with E-state index < -0.39 is 10.0 Å². The summed E-state index contributed by atoms with van der Waals surface area (Å²) in [6.45, 7) is 4.23. The SMILES string of the molecule is Cc1ccc(S(=O)(=O)Nc2ccn(Cc3ccc(Cl)cc3)n2)c(C)c1. The van der Waals surface area contributed by atoms with Crippen LogP contribution in [0, 0.1) is 13.8 Å². The van der Waals surface area contributed by atoms with Crippen LogP contribution in [-0.4, -0.2) is 18.2 Å². The zero-order valence-corrected chi connectivity index (χ0v) is 15.5. The topological polar surface area (TPSA) is 64.0 Å². The van der Waals surface area contributed by atoms with Gasteiger partial charge < -0.3 is 0 Å². The molecule has 0 aliphatic carbocycles. The van der Waals surface area contributed by atoms with E-state index in [9.17, 15) is 8.42 Å². The minimum absolute atomic E-state index is 0.255. The molecule has 3 aromatic rings. The molecule has 1 aromatic heterocycles. The van der Waals surface area contributed by atoms with E-state index >= 15 is 0 Å². The van der Waals surface area contributed by atoms with Gasteiger partial charge in [-0.15, -0.1) is 0 Å². The van der Waals surface area contributed by atoms with Crippen molar-refractivity contribution in [1.82, 2.24) is 9.78 Å². The van der Waals surface area contributed by atoms with E-state index in [-0.39, 0.29) is 10.7 Å². The third-order valence-corrected chi connectivity index (χ3v) is 5.52. The molecule has 0 aliphatic rings. The number of aromatic nitrogens is 2. The van der Waals surface area contributed by atoms with Crippen molar-refractivity contribution in [2.45, 2.75) is 25.3 Å². The second-order valence-electron chi connectivity index (χ2n) is 5.90. The van der Waals surface area contributed by atoms with Crippen molar-refractivity contribution in [2.75, 3.05) is 4.72 Å². The molecule has 0 fully saturated rings. The molecule has 1 heterocycles. The second kappa shape index (κ2) is 6.90. The maximum atomic E-state index is 12.6. The molecule has 0 aliphatic heterocycles. The summed E-state index contributed by atoms with van der Waals surface area (Å²) in [5, 5.41) is 4.95. The first-order valence-electron chi connectivity index (χ1n) is 7.71. The molecule has 7 heteroatoms. The van der Waals surface area contributed by atoms with Crippen molar-refractivity contribution in [3.05, 3.63) is 76.4 Å². The van der Waals surface area contributed by atoms with Crippen LogP contribution in [0.3, 0.4) is 0 Å². The Bertz CT molecular complexity index is 995. The van der Waals surface area contributed by atoms with Crippen molar-refractivity contribution >= 4 is 27.4 Å². The quantitative estimate of drug-likeness (QED) is 0.733. The molecular formula is C18H18ClN3O2S. The van der Waals surface area contributed by atoms with Crippen molar-refractivity contribution in [2.24, 2.45) is 0 Å². The van der Waals surface area contributed by atoms with E-state index in [4.69, 9.17) is 11.6 Å². The third kappa shape index (κ3) is 4.21. The van der Waals surface area contributed by atoms with Crippen LogP contribution < -0.4 is 4.72 Å². The fraction of sp³-hybridized carbons (Fsp3) is 0.167. The predicted octanol–water partition coefficient (Wildman–Crippen LogP) is 4.00. The highest BCUT2D eigenvalue weighted by atomic mass is 35.5. The lowest BCUT2D eigenvalue weighted by Gasteiger charge is -2.09. The summed E-state index contributed by atoms with van der Waals surface area (Å²) >= 11 is 5.87. The summed E-state index contributed by atoms with van der Waals surface area (Å²) in [6.07, 6.45) is 1.73. The fourth-order valence-corrected chi connectivity index (χ4v) is 3.92. The normalized spacial score (nSPS) is 11.5. The van der Waals surface area contributed by atoms with E-state index in [0.717, 1.165) is 11.1 Å². The molecule has 130 valence electrons. The number of halogens is 1. The molecular weight excluding hydrogens is 358 g/mol. The van der Waals surface area contributed by atoms with Gasteiger partial charge in [0.25, 0.3) is 10.0 Å². The Morgan fingerprint density at radius 3 is 2.48 bits per heavy atom. The number of hydrogen-bond donors (Lipinski definition) is 1. The highest BCUT2D eigenvalue weighted by molar-refractivity contribution is 7.92. The highest BCUT2D eigenvalue weighted by Gasteiger charge is 2.18. The Morgan fingerprint density at radius 2 is 1.80 bits per heavy atom. The monoisotopic (exact) mass is 375 g/mol. The first-order valence-corrected chi connectivity index (χ1v) is 9.57. The maximum absolute atomic E-state index is 12.6. The van der Waals surface area contributed by atoms with Gasteiger partial charge in [-0.2, -0.15) is 5.10 Å². The standard InChI is InChI=1S/C18H18ClN3O2S/c1-13-3-8-17(14(2)11-13)25(23,24)21-18-9-10-22(20-18)12-15-4-6-16(19)7-5-15/h3-11H,12H2,1-2H3,(H,20,21). The average Bonchev–Trinajstić information content (AvgIpc) is 2.95. The molecule has 0 atom stereocenters. The molecule has 0 radical (unpaired) electrons. The molecule has 2 aromatic carbocycles. The van der Waals surface area contributed by atoms with Gasteiger partial charge in [0.05, 0.1) is 11.4 Å². The summed E-state index contributed by atoms with van der Waals surface area (Å²) in [4.78, 5) is 0.255. The molecule has 0 saturated carbocycles. The minimum Gasteiger partial charge on any atom is -0.266 e. The third-order valence-electron chi connectivity index (χ3n) is 3.76.